The molecule has 1 aromatic rings. The second-order valence-corrected chi connectivity index (χ2v) is 5.43. The van der Waals surface area contributed by atoms with Gasteiger partial charge in [-0.2, -0.15) is 0 Å². The molecule has 1 aliphatic rings. The smallest absolute Gasteiger partial charge is 0.330 e. The molecule has 0 saturated carbocycles. The average molecular weight is 291 g/mol. The lowest BCUT2D eigenvalue weighted by Gasteiger charge is -2.16. The standard InChI is InChI=1S/C16H21NO4/c1-11-7-8-13(21-11)9-10-14(18)17-15(16(19)20)12-5-3-2-4-6-12/h2-6,11,13,15H,7-10H2,1H3,(H,17,18)(H,19,20)/t11-,13+,15+/m0/s1. The van der Waals surface area contributed by atoms with E-state index in [1.54, 1.807) is 24.3 Å². The maximum atomic E-state index is 11.9. The van der Waals surface area contributed by atoms with Crippen molar-refractivity contribution in [3.63, 3.8) is 0 Å². The predicted octanol–water partition coefficient (Wildman–Crippen LogP) is 2.28. The van der Waals surface area contributed by atoms with E-state index in [0.717, 1.165) is 12.8 Å². The summed E-state index contributed by atoms with van der Waals surface area (Å²) in [6, 6.07) is 7.71. The van der Waals surface area contributed by atoms with Gasteiger partial charge in [0.25, 0.3) is 0 Å². The molecule has 1 aliphatic heterocycles. The Morgan fingerprint density at radius 2 is 2.05 bits per heavy atom. The second-order valence-electron chi connectivity index (χ2n) is 5.43. The predicted molar refractivity (Wildman–Crippen MR) is 77.8 cm³/mol. The zero-order valence-electron chi connectivity index (χ0n) is 12.1. The van der Waals surface area contributed by atoms with Gasteiger partial charge in [-0.15, -0.1) is 0 Å². The van der Waals surface area contributed by atoms with Crippen molar-refractivity contribution < 1.29 is 19.4 Å². The molecule has 3 atom stereocenters. The topological polar surface area (TPSA) is 75.6 Å². The highest BCUT2D eigenvalue weighted by Crippen LogP contribution is 2.22. The number of benzene rings is 1. The first-order valence-electron chi connectivity index (χ1n) is 7.29. The second kappa shape index (κ2) is 7.22. The van der Waals surface area contributed by atoms with Crippen LogP contribution in [0.25, 0.3) is 0 Å². The summed E-state index contributed by atoms with van der Waals surface area (Å²) in [4.78, 5) is 23.2. The molecule has 21 heavy (non-hydrogen) atoms. The molecule has 1 amide bonds. The van der Waals surface area contributed by atoms with E-state index in [0.29, 0.717) is 12.0 Å². The van der Waals surface area contributed by atoms with Crippen LogP contribution in [0.5, 0.6) is 0 Å². The lowest BCUT2D eigenvalue weighted by Crippen LogP contribution is -2.34. The van der Waals surface area contributed by atoms with Crippen LogP contribution in [0.2, 0.25) is 0 Å². The summed E-state index contributed by atoms with van der Waals surface area (Å²) in [6.45, 7) is 2.02. The maximum Gasteiger partial charge on any atom is 0.330 e. The maximum absolute atomic E-state index is 11.9. The number of carboxylic acids is 1. The number of carbonyl (C=O) groups excluding carboxylic acids is 1. The number of nitrogens with one attached hydrogen (secondary N) is 1. The van der Waals surface area contributed by atoms with Gasteiger partial charge in [-0.3, -0.25) is 4.79 Å². The number of aliphatic carboxylic acids is 1. The molecule has 1 fully saturated rings. The molecule has 0 spiro atoms. The van der Waals surface area contributed by atoms with Crippen LogP contribution in [0.1, 0.15) is 44.2 Å². The van der Waals surface area contributed by atoms with Crippen LogP contribution in [0.15, 0.2) is 30.3 Å². The van der Waals surface area contributed by atoms with Crippen molar-refractivity contribution in [1.82, 2.24) is 5.32 Å². The van der Waals surface area contributed by atoms with E-state index in [2.05, 4.69) is 5.32 Å². The number of hydrogen-bond acceptors (Lipinski definition) is 3. The van der Waals surface area contributed by atoms with E-state index in [-0.39, 0.29) is 24.5 Å². The SMILES string of the molecule is C[C@H]1CC[C@H](CCC(=O)N[C@@H](C(=O)O)c2ccccc2)O1. The van der Waals surface area contributed by atoms with Gasteiger partial charge in [-0.25, -0.2) is 4.79 Å². The van der Waals surface area contributed by atoms with E-state index >= 15 is 0 Å². The summed E-state index contributed by atoms with van der Waals surface area (Å²) >= 11 is 0. The van der Waals surface area contributed by atoms with Crippen LogP contribution in [0, 0.1) is 0 Å². The van der Waals surface area contributed by atoms with Gasteiger partial charge in [0, 0.05) is 6.42 Å². The van der Waals surface area contributed by atoms with Crippen LogP contribution in [-0.2, 0) is 14.3 Å². The fourth-order valence-corrected chi connectivity index (χ4v) is 2.56. The summed E-state index contributed by atoms with van der Waals surface area (Å²) in [5.41, 5.74) is 0.573. The first kappa shape index (κ1) is 15.5. The van der Waals surface area contributed by atoms with Gasteiger partial charge in [0.05, 0.1) is 12.2 Å². The van der Waals surface area contributed by atoms with Crippen LogP contribution < -0.4 is 5.32 Å². The molecule has 1 saturated heterocycles. The minimum Gasteiger partial charge on any atom is -0.479 e. The normalized spacial score (nSPS) is 22.7. The summed E-state index contributed by atoms with van der Waals surface area (Å²) in [6.07, 6.45) is 3.29. The first-order valence-corrected chi connectivity index (χ1v) is 7.29. The lowest BCUT2D eigenvalue weighted by molar-refractivity contribution is -0.142. The van der Waals surface area contributed by atoms with E-state index in [4.69, 9.17) is 4.74 Å². The summed E-state index contributed by atoms with van der Waals surface area (Å²) < 4.78 is 5.65. The van der Waals surface area contributed by atoms with Crippen molar-refractivity contribution in [1.29, 1.82) is 0 Å². The van der Waals surface area contributed by atoms with Crippen molar-refractivity contribution in [2.24, 2.45) is 0 Å². The highest BCUT2D eigenvalue weighted by molar-refractivity contribution is 5.84. The number of carbonyl (C=O) groups is 2. The molecule has 5 nitrogen and oxygen atoms in total. The first-order chi connectivity index (χ1) is 10.1. The van der Waals surface area contributed by atoms with E-state index in [1.165, 1.54) is 0 Å². The van der Waals surface area contributed by atoms with Gasteiger partial charge in [0.2, 0.25) is 5.91 Å². The number of rotatable bonds is 6. The number of hydrogen-bond donors (Lipinski definition) is 2. The van der Waals surface area contributed by atoms with Crippen molar-refractivity contribution in [3.05, 3.63) is 35.9 Å². The van der Waals surface area contributed by atoms with Crippen molar-refractivity contribution >= 4 is 11.9 Å². The molecular formula is C16H21NO4. The lowest BCUT2D eigenvalue weighted by atomic mass is 10.1. The minimum atomic E-state index is -1.06. The largest absolute Gasteiger partial charge is 0.479 e. The van der Waals surface area contributed by atoms with Crippen LogP contribution in [0.4, 0.5) is 0 Å². The quantitative estimate of drug-likeness (QED) is 0.843. The summed E-state index contributed by atoms with van der Waals surface area (Å²) in [7, 11) is 0. The van der Waals surface area contributed by atoms with E-state index in [9.17, 15) is 14.7 Å². The Hall–Kier alpha value is -1.88. The molecule has 114 valence electrons. The average Bonchev–Trinajstić information content (AvgIpc) is 2.89. The molecule has 0 aromatic heterocycles. The van der Waals surface area contributed by atoms with Crippen molar-refractivity contribution in [3.8, 4) is 0 Å². The molecule has 0 bridgehead atoms. The highest BCUT2D eigenvalue weighted by atomic mass is 16.5. The third-order valence-electron chi connectivity index (χ3n) is 3.70. The zero-order chi connectivity index (χ0) is 15.2. The summed E-state index contributed by atoms with van der Waals surface area (Å²) in [5.74, 6) is -1.31. The van der Waals surface area contributed by atoms with Gasteiger partial charge < -0.3 is 15.2 Å². The van der Waals surface area contributed by atoms with Crippen molar-refractivity contribution in [2.45, 2.75) is 50.9 Å². The fraction of sp³-hybridized carbons (Fsp3) is 0.500. The van der Waals surface area contributed by atoms with Gasteiger partial charge in [-0.1, -0.05) is 30.3 Å². The number of amides is 1. The molecule has 1 heterocycles. The van der Waals surface area contributed by atoms with Gasteiger partial charge in [0.1, 0.15) is 0 Å². The molecule has 1 aromatic carbocycles. The Bertz CT molecular complexity index is 488. The monoisotopic (exact) mass is 291 g/mol. The third-order valence-corrected chi connectivity index (χ3v) is 3.70. The van der Waals surface area contributed by atoms with Crippen LogP contribution in [0.3, 0.4) is 0 Å². The Morgan fingerprint density at radius 1 is 1.33 bits per heavy atom. The van der Waals surface area contributed by atoms with Crippen LogP contribution in [-0.4, -0.2) is 29.2 Å². The molecule has 0 radical (unpaired) electrons. The number of carboxylic acid groups (broad SMARTS) is 1. The van der Waals surface area contributed by atoms with E-state index in [1.807, 2.05) is 13.0 Å². The Balaban J connectivity index is 1.86. The molecule has 0 aliphatic carbocycles. The third kappa shape index (κ3) is 4.56. The number of ether oxygens (including phenoxy) is 1. The zero-order valence-corrected chi connectivity index (χ0v) is 12.1. The fourth-order valence-electron chi connectivity index (χ4n) is 2.56. The van der Waals surface area contributed by atoms with Crippen LogP contribution >= 0.6 is 0 Å². The molecular weight excluding hydrogens is 270 g/mol. The summed E-state index contributed by atoms with van der Waals surface area (Å²) in [5, 5.41) is 11.8. The molecule has 0 unspecified atom stereocenters. The minimum absolute atomic E-state index is 0.116. The van der Waals surface area contributed by atoms with E-state index < -0.39 is 12.0 Å². The Morgan fingerprint density at radius 3 is 2.62 bits per heavy atom. The van der Waals surface area contributed by atoms with Crippen molar-refractivity contribution in [2.75, 3.05) is 0 Å². The Kier molecular flexibility index (Phi) is 5.33. The molecule has 5 heteroatoms. The van der Waals surface area contributed by atoms with Gasteiger partial charge in [-0.05, 0) is 31.7 Å². The van der Waals surface area contributed by atoms with Gasteiger partial charge in [0.15, 0.2) is 6.04 Å². The molecule has 2 rings (SSSR count). The van der Waals surface area contributed by atoms with Gasteiger partial charge >= 0.3 is 5.97 Å². The molecule has 2 N–H and O–H groups in total. The Labute approximate surface area is 124 Å². The highest BCUT2D eigenvalue weighted by Gasteiger charge is 2.25.